The maximum Gasteiger partial charge on any atom is 0.242 e. The van der Waals surface area contributed by atoms with Crippen molar-refractivity contribution < 1.29 is 12.9 Å². The van der Waals surface area contributed by atoms with Gasteiger partial charge in [0.15, 0.2) is 9.84 Å². The van der Waals surface area contributed by atoms with Crippen LogP contribution in [-0.2, 0) is 22.0 Å². The molecular formula is C18H18N2O3S. The van der Waals surface area contributed by atoms with E-state index < -0.39 is 9.84 Å². The summed E-state index contributed by atoms with van der Waals surface area (Å²) in [6, 6.07) is 14.5. The predicted octanol–water partition coefficient (Wildman–Crippen LogP) is 3.58. The van der Waals surface area contributed by atoms with Gasteiger partial charge in [0.05, 0.1) is 4.90 Å². The van der Waals surface area contributed by atoms with Crippen LogP contribution in [0.4, 0.5) is 0 Å². The average molecular weight is 342 g/mol. The molecule has 0 aliphatic carbocycles. The highest BCUT2D eigenvalue weighted by Crippen LogP contribution is 2.20. The molecule has 1 aromatic heterocycles. The maximum atomic E-state index is 12.4. The fraction of sp³-hybridized carbons (Fsp3) is 0.222. The van der Waals surface area contributed by atoms with Crippen LogP contribution in [0.3, 0.4) is 0 Å². The minimum Gasteiger partial charge on any atom is -0.338 e. The normalized spacial score (nSPS) is 11.6. The quantitative estimate of drug-likeness (QED) is 0.708. The highest BCUT2D eigenvalue weighted by Gasteiger charge is 2.20. The number of benzene rings is 2. The van der Waals surface area contributed by atoms with E-state index in [0.717, 1.165) is 17.5 Å². The Bertz CT molecular complexity index is 927. The molecule has 0 fully saturated rings. The topological polar surface area (TPSA) is 73.1 Å². The van der Waals surface area contributed by atoms with Gasteiger partial charge >= 0.3 is 0 Å². The summed E-state index contributed by atoms with van der Waals surface area (Å²) in [4.78, 5) is 4.46. The molecule has 24 heavy (non-hydrogen) atoms. The molecule has 0 amide bonds. The van der Waals surface area contributed by atoms with Crippen LogP contribution in [0, 0.1) is 6.92 Å². The van der Waals surface area contributed by atoms with Crippen molar-refractivity contribution in [3.63, 3.8) is 0 Å². The zero-order chi connectivity index (χ0) is 17.2. The van der Waals surface area contributed by atoms with Gasteiger partial charge in [0.25, 0.3) is 0 Å². The second-order valence-corrected chi connectivity index (χ2v) is 7.62. The standard InChI is InChI=1S/C18H18N2O3S/c1-3-14-6-8-15(9-7-14)18-19-17(23-20-18)12-24(21,22)16-10-4-13(2)5-11-16/h4-11H,3,12H2,1-2H3. The lowest BCUT2D eigenvalue weighted by Gasteiger charge is -2.01. The van der Waals surface area contributed by atoms with E-state index in [2.05, 4.69) is 17.1 Å². The SMILES string of the molecule is CCc1ccc(-c2noc(CS(=O)(=O)c3ccc(C)cc3)n2)cc1. The third kappa shape index (κ3) is 3.54. The summed E-state index contributed by atoms with van der Waals surface area (Å²) in [6.07, 6.45) is 0.951. The molecule has 0 aliphatic heterocycles. The Balaban J connectivity index is 1.81. The number of hydrogen-bond donors (Lipinski definition) is 0. The van der Waals surface area contributed by atoms with Gasteiger partial charge in [-0.3, -0.25) is 0 Å². The molecule has 0 spiro atoms. The van der Waals surface area contributed by atoms with Crippen molar-refractivity contribution in [1.82, 2.24) is 10.1 Å². The Hall–Kier alpha value is -2.47. The smallest absolute Gasteiger partial charge is 0.242 e. The van der Waals surface area contributed by atoms with Crippen LogP contribution in [-0.4, -0.2) is 18.6 Å². The number of sulfone groups is 1. The molecule has 124 valence electrons. The Morgan fingerprint density at radius 3 is 2.29 bits per heavy atom. The molecule has 3 aromatic rings. The van der Waals surface area contributed by atoms with Crippen molar-refractivity contribution in [2.24, 2.45) is 0 Å². The fourth-order valence-electron chi connectivity index (χ4n) is 2.31. The summed E-state index contributed by atoms with van der Waals surface area (Å²) < 4.78 is 29.9. The molecule has 0 radical (unpaired) electrons. The number of rotatable bonds is 5. The maximum absolute atomic E-state index is 12.4. The summed E-state index contributed by atoms with van der Waals surface area (Å²) in [5, 5.41) is 3.88. The minimum atomic E-state index is -3.51. The van der Waals surface area contributed by atoms with E-state index in [9.17, 15) is 8.42 Å². The third-order valence-corrected chi connectivity index (χ3v) is 5.40. The van der Waals surface area contributed by atoms with Gasteiger partial charge in [-0.05, 0) is 31.0 Å². The van der Waals surface area contributed by atoms with Crippen LogP contribution in [0.5, 0.6) is 0 Å². The highest BCUT2D eigenvalue weighted by atomic mass is 32.2. The van der Waals surface area contributed by atoms with E-state index >= 15 is 0 Å². The van der Waals surface area contributed by atoms with Crippen molar-refractivity contribution in [1.29, 1.82) is 0 Å². The largest absolute Gasteiger partial charge is 0.338 e. The number of nitrogens with zero attached hydrogens (tertiary/aromatic N) is 2. The van der Waals surface area contributed by atoms with Crippen molar-refractivity contribution in [2.45, 2.75) is 30.9 Å². The van der Waals surface area contributed by atoms with Gasteiger partial charge in [-0.1, -0.05) is 54.0 Å². The molecule has 0 unspecified atom stereocenters. The molecular weight excluding hydrogens is 324 g/mol. The molecule has 0 aliphatic rings. The molecule has 0 atom stereocenters. The monoisotopic (exact) mass is 342 g/mol. The van der Waals surface area contributed by atoms with Crippen LogP contribution in [0.25, 0.3) is 11.4 Å². The van der Waals surface area contributed by atoms with Gasteiger partial charge in [-0.25, -0.2) is 8.42 Å². The summed E-state index contributed by atoms with van der Waals surface area (Å²) in [5.74, 6) is 0.174. The van der Waals surface area contributed by atoms with Crippen molar-refractivity contribution in [3.05, 3.63) is 65.5 Å². The average Bonchev–Trinajstić information content (AvgIpc) is 3.03. The molecule has 2 aromatic carbocycles. The molecule has 1 heterocycles. The van der Waals surface area contributed by atoms with Gasteiger partial charge in [-0.15, -0.1) is 0 Å². The number of hydrogen-bond acceptors (Lipinski definition) is 5. The Morgan fingerprint density at radius 2 is 1.67 bits per heavy atom. The van der Waals surface area contributed by atoms with Gasteiger partial charge in [0.1, 0.15) is 5.75 Å². The van der Waals surface area contributed by atoms with E-state index in [4.69, 9.17) is 4.52 Å². The molecule has 6 heteroatoms. The molecule has 0 saturated heterocycles. The first kappa shape index (κ1) is 16.4. The first-order valence-corrected chi connectivity index (χ1v) is 9.34. The minimum absolute atomic E-state index is 0.0881. The van der Waals surface area contributed by atoms with Gasteiger partial charge in [0, 0.05) is 5.56 Å². The van der Waals surface area contributed by atoms with Crippen molar-refractivity contribution in [2.75, 3.05) is 0 Å². The van der Waals surface area contributed by atoms with Gasteiger partial charge in [-0.2, -0.15) is 4.98 Å². The highest BCUT2D eigenvalue weighted by molar-refractivity contribution is 7.90. The second kappa shape index (κ2) is 6.57. The van der Waals surface area contributed by atoms with E-state index in [-0.39, 0.29) is 16.5 Å². The van der Waals surface area contributed by atoms with Crippen LogP contribution in [0.2, 0.25) is 0 Å². The molecule has 0 bridgehead atoms. The molecule has 5 nitrogen and oxygen atoms in total. The Kier molecular flexibility index (Phi) is 4.49. The zero-order valence-electron chi connectivity index (χ0n) is 13.6. The summed E-state index contributed by atoms with van der Waals surface area (Å²) in [5.41, 5.74) is 3.02. The Morgan fingerprint density at radius 1 is 1.00 bits per heavy atom. The lowest BCUT2D eigenvalue weighted by Crippen LogP contribution is -2.05. The first-order valence-electron chi connectivity index (χ1n) is 7.69. The van der Waals surface area contributed by atoms with Crippen molar-refractivity contribution in [3.8, 4) is 11.4 Å². The van der Waals surface area contributed by atoms with Crippen molar-refractivity contribution >= 4 is 9.84 Å². The lowest BCUT2D eigenvalue weighted by atomic mass is 10.1. The Labute approximate surface area is 141 Å². The fourth-order valence-corrected chi connectivity index (χ4v) is 3.47. The van der Waals surface area contributed by atoms with Crippen LogP contribution in [0.15, 0.2) is 57.9 Å². The summed E-state index contributed by atoms with van der Waals surface area (Å²) in [6.45, 7) is 3.99. The molecule has 0 N–H and O–H groups in total. The molecule has 3 rings (SSSR count). The second-order valence-electron chi connectivity index (χ2n) is 5.63. The lowest BCUT2D eigenvalue weighted by molar-refractivity contribution is 0.389. The van der Waals surface area contributed by atoms with Gasteiger partial charge < -0.3 is 4.52 Å². The van der Waals surface area contributed by atoms with E-state index in [1.54, 1.807) is 24.3 Å². The summed E-state index contributed by atoms with van der Waals surface area (Å²) >= 11 is 0. The molecule has 0 saturated carbocycles. The predicted molar refractivity (Wildman–Crippen MR) is 91.2 cm³/mol. The van der Waals surface area contributed by atoms with Crippen LogP contribution in [0.1, 0.15) is 23.9 Å². The van der Waals surface area contributed by atoms with E-state index in [0.29, 0.717) is 5.82 Å². The first-order chi connectivity index (χ1) is 11.5. The van der Waals surface area contributed by atoms with Crippen LogP contribution >= 0.6 is 0 Å². The summed E-state index contributed by atoms with van der Waals surface area (Å²) in [7, 11) is -3.51. The van der Waals surface area contributed by atoms with Crippen LogP contribution < -0.4 is 0 Å². The number of aryl methyl sites for hydroxylation is 2. The number of aromatic nitrogens is 2. The zero-order valence-corrected chi connectivity index (χ0v) is 14.4. The van der Waals surface area contributed by atoms with E-state index in [1.165, 1.54) is 5.56 Å². The van der Waals surface area contributed by atoms with E-state index in [1.807, 2.05) is 31.2 Å². The van der Waals surface area contributed by atoms with Gasteiger partial charge in [0.2, 0.25) is 11.7 Å². The third-order valence-electron chi connectivity index (χ3n) is 3.78.